The van der Waals surface area contributed by atoms with E-state index in [1.165, 1.54) is 0 Å². The monoisotopic (exact) mass is 350 g/mol. The lowest BCUT2D eigenvalue weighted by Gasteiger charge is -2.35. The molecule has 0 saturated carbocycles. The van der Waals surface area contributed by atoms with E-state index < -0.39 is 0 Å². The molecule has 0 aromatic heterocycles. The molecule has 1 amide bonds. The Morgan fingerprint density at radius 3 is 2.50 bits per heavy atom. The number of nitrogens with zero attached hydrogens (tertiary/aromatic N) is 1. The van der Waals surface area contributed by atoms with Crippen molar-refractivity contribution in [3.8, 4) is 11.1 Å². The molecule has 2 N–H and O–H groups in total. The second kappa shape index (κ2) is 8.28. The Bertz CT molecular complexity index is 783. The van der Waals surface area contributed by atoms with E-state index >= 15 is 0 Å². The number of ketones is 1. The van der Waals surface area contributed by atoms with Crippen LogP contribution in [0.1, 0.15) is 53.3 Å². The summed E-state index contributed by atoms with van der Waals surface area (Å²) in [5.74, 6) is 0.193. The molecule has 1 atom stereocenters. The molecule has 4 heteroatoms. The summed E-state index contributed by atoms with van der Waals surface area (Å²) in [6.45, 7) is 3.16. The van der Waals surface area contributed by atoms with Crippen LogP contribution < -0.4 is 5.73 Å². The minimum Gasteiger partial charge on any atom is -0.334 e. The van der Waals surface area contributed by atoms with Gasteiger partial charge in [-0.2, -0.15) is 0 Å². The first-order valence-corrected chi connectivity index (χ1v) is 9.38. The van der Waals surface area contributed by atoms with Gasteiger partial charge in [-0.05, 0) is 48.6 Å². The zero-order valence-electron chi connectivity index (χ0n) is 15.3. The van der Waals surface area contributed by atoms with Crippen molar-refractivity contribution in [3.63, 3.8) is 0 Å². The number of carbonyl (C=O) groups excluding carboxylic acids is 2. The number of likely N-dealkylation sites (tertiary alicyclic amines) is 1. The Labute approximate surface area is 155 Å². The molecule has 1 aliphatic rings. The average Bonchev–Trinajstić information content (AvgIpc) is 2.72. The second-order valence-electron chi connectivity index (χ2n) is 6.82. The second-order valence-corrected chi connectivity index (χ2v) is 6.82. The number of rotatable bonds is 5. The molecule has 1 aliphatic heterocycles. The number of benzene rings is 2. The third-order valence-corrected chi connectivity index (χ3v) is 5.13. The van der Waals surface area contributed by atoms with Gasteiger partial charge in [0, 0.05) is 36.7 Å². The highest BCUT2D eigenvalue weighted by molar-refractivity contribution is 5.97. The molecule has 1 saturated heterocycles. The zero-order valence-corrected chi connectivity index (χ0v) is 15.3. The molecule has 0 unspecified atom stereocenters. The number of hydrogen-bond donors (Lipinski definition) is 1. The predicted molar refractivity (Wildman–Crippen MR) is 104 cm³/mol. The Hall–Kier alpha value is -2.46. The molecule has 1 fully saturated rings. The van der Waals surface area contributed by atoms with Gasteiger partial charge < -0.3 is 10.6 Å². The van der Waals surface area contributed by atoms with Crippen LogP contribution in [0.4, 0.5) is 0 Å². The van der Waals surface area contributed by atoms with Crippen molar-refractivity contribution in [1.82, 2.24) is 4.90 Å². The number of nitrogens with two attached hydrogens (primary N) is 1. The Kier molecular flexibility index (Phi) is 5.84. The topological polar surface area (TPSA) is 63.4 Å². The van der Waals surface area contributed by atoms with Crippen LogP contribution >= 0.6 is 0 Å². The summed E-state index contributed by atoms with van der Waals surface area (Å²) < 4.78 is 0. The quantitative estimate of drug-likeness (QED) is 0.832. The third-order valence-electron chi connectivity index (χ3n) is 5.13. The normalized spacial score (nSPS) is 17.2. The number of amides is 1. The Morgan fingerprint density at radius 2 is 1.81 bits per heavy atom. The van der Waals surface area contributed by atoms with Crippen LogP contribution in [0.15, 0.2) is 48.5 Å². The van der Waals surface area contributed by atoms with Gasteiger partial charge in [-0.3, -0.25) is 9.59 Å². The lowest BCUT2D eigenvalue weighted by Crippen LogP contribution is -2.47. The van der Waals surface area contributed by atoms with Crippen molar-refractivity contribution in [2.75, 3.05) is 13.1 Å². The van der Waals surface area contributed by atoms with Crippen LogP contribution in [0, 0.1) is 0 Å². The Balaban J connectivity index is 1.80. The number of Topliss-reactive ketones (excluding diaryl/α,β-unsaturated/α-hetero) is 1. The summed E-state index contributed by atoms with van der Waals surface area (Å²) in [5, 5.41) is 0. The summed E-state index contributed by atoms with van der Waals surface area (Å²) in [4.78, 5) is 26.7. The molecule has 0 aliphatic carbocycles. The van der Waals surface area contributed by atoms with Crippen molar-refractivity contribution in [2.45, 2.75) is 38.6 Å². The molecule has 1 heterocycles. The van der Waals surface area contributed by atoms with Gasteiger partial charge in [-0.25, -0.2) is 0 Å². The molecule has 0 radical (unpaired) electrons. The van der Waals surface area contributed by atoms with Crippen LogP contribution in [-0.2, 0) is 0 Å². The lowest BCUT2D eigenvalue weighted by molar-refractivity contribution is 0.0623. The van der Waals surface area contributed by atoms with E-state index in [-0.39, 0.29) is 17.7 Å². The highest BCUT2D eigenvalue weighted by Crippen LogP contribution is 2.24. The predicted octanol–water partition coefficient (Wildman–Crippen LogP) is 3.90. The summed E-state index contributed by atoms with van der Waals surface area (Å²) >= 11 is 0. The number of hydrogen-bond acceptors (Lipinski definition) is 3. The molecular formula is C22H26N2O2. The van der Waals surface area contributed by atoms with Gasteiger partial charge in [-0.1, -0.05) is 37.3 Å². The van der Waals surface area contributed by atoms with E-state index in [1.807, 2.05) is 60.4 Å². The van der Waals surface area contributed by atoms with Crippen molar-refractivity contribution in [3.05, 3.63) is 59.7 Å². The molecule has 4 nitrogen and oxygen atoms in total. The van der Waals surface area contributed by atoms with Gasteiger partial charge in [0.05, 0.1) is 0 Å². The highest BCUT2D eigenvalue weighted by atomic mass is 16.2. The van der Waals surface area contributed by atoms with Crippen LogP contribution in [0.2, 0.25) is 0 Å². The summed E-state index contributed by atoms with van der Waals surface area (Å²) in [6.07, 6.45) is 3.66. The van der Waals surface area contributed by atoms with Crippen molar-refractivity contribution >= 4 is 11.7 Å². The SMILES string of the molecule is CCC(=O)c1cccc(-c2ccc(C(=O)N3CCCC[C@H]3CN)cc2)c1. The van der Waals surface area contributed by atoms with E-state index in [4.69, 9.17) is 5.73 Å². The largest absolute Gasteiger partial charge is 0.334 e. The zero-order chi connectivity index (χ0) is 18.5. The maximum absolute atomic E-state index is 12.8. The fourth-order valence-corrected chi connectivity index (χ4v) is 3.56. The fraction of sp³-hybridized carbons (Fsp3) is 0.364. The summed E-state index contributed by atoms with van der Waals surface area (Å²) in [5.41, 5.74) is 9.24. The average molecular weight is 350 g/mol. The number of carbonyl (C=O) groups is 2. The van der Waals surface area contributed by atoms with E-state index in [1.54, 1.807) is 0 Å². The van der Waals surface area contributed by atoms with Gasteiger partial charge in [0.1, 0.15) is 0 Å². The van der Waals surface area contributed by atoms with E-state index in [9.17, 15) is 9.59 Å². The van der Waals surface area contributed by atoms with E-state index in [0.717, 1.165) is 42.5 Å². The molecule has 0 bridgehead atoms. The molecular weight excluding hydrogens is 324 g/mol. The van der Waals surface area contributed by atoms with E-state index in [0.29, 0.717) is 18.5 Å². The van der Waals surface area contributed by atoms with Crippen LogP contribution in [0.5, 0.6) is 0 Å². The first kappa shape index (κ1) is 18.3. The van der Waals surface area contributed by atoms with Crippen molar-refractivity contribution in [2.24, 2.45) is 5.73 Å². The van der Waals surface area contributed by atoms with Crippen molar-refractivity contribution < 1.29 is 9.59 Å². The van der Waals surface area contributed by atoms with Crippen LogP contribution in [0.3, 0.4) is 0 Å². The van der Waals surface area contributed by atoms with Crippen LogP contribution in [0.25, 0.3) is 11.1 Å². The van der Waals surface area contributed by atoms with Crippen LogP contribution in [-0.4, -0.2) is 35.7 Å². The first-order chi connectivity index (χ1) is 12.6. The first-order valence-electron chi connectivity index (χ1n) is 9.38. The van der Waals surface area contributed by atoms with Crippen molar-refractivity contribution in [1.29, 1.82) is 0 Å². The standard InChI is InChI=1S/C22H26N2O2/c1-2-21(25)19-7-5-6-18(14-19)16-9-11-17(12-10-16)22(26)24-13-4-3-8-20(24)15-23/h5-7,9-12,14,20H,2-4,8,13,15,23H2,1H3/t20-/m0/s1. The third kappa shape index (κ3) is 3.86. The molecule has 136 valence electrons. The molecule has 2 aromatic carbocycles. The molecule has 3 rings (SSSR count). The smallest absolute Gasteiger partial charge is 0.254 e. The van der Waals surface area contributed by atoms with Gasteiger partial charge in [0.15, 0.2) is 5.78 Å². The Morgan fingerprint density at radius 1 is 1.04 bits per heavy atom. The minimum absolute atomic E-state index is 0.0570. The summed E-state index contributed by atoms with van der Waals surface area (Å²) in [7, 11) is 0. The molecule has 2 aromatic rings. The summed E-state index contributed by atoms with van der Waals surface area (Å²) in [6, 6.07) is 15.4. The van der Waals surface area contributed by atoms with Gasteiger partial charge in [-0.15, -0.1) is 0 Å². The maximum Gasteiger partial charge on any atom is 0.254 e. The minimum atomic E-state index is 0.0570. The molecule has 26 heavy (non-hydrogen) atoms. The van der Waals surface area contributed by atoms with Gasteiger partial charge in [0.25, 0.3) is 5.91 Å². The van der Waals surface area contributed by atoms with Gasteiger partial charge >= 0.3 is 0 Å². The fourth-order valence-electron chi connectivity index (χ4n) is 3.56. The van der Waals surface area contributed by atoms with Gasteiger partial charge in [0.2, 0.25) is 0 Å². The highest BCUT2D eigenvalue weighted by Gasteiger charge is 2.26. The maximum atomic E-state index is 12.8. The lowest BCUT2D eigenvalue weighted by atomic mass is 9.98. The molecule has 0 spiro atoms. The van der Waals surface area contributed by atoms with E-state index in [2.05, 4.69) is 0 Å². The number of piperidine rings is 1.